The maximum atomic E-state index is 11.0. The molecular weight excluding hydrogens is 158 g/mol. The molecule has 0 aromatic carbocycles. The molecule has 1 unspecified atom stereocenters. The van der Waals surface area contributed by atoms with Crippen molar-refractivity contribution in [1.29, 1.82) is 0 Å². The molecule has 0 spiro atoms. The van der Waals surface area contributed by atoms with Gasteiger partial charge in [-0.05, 0) is 0 Å². The van der Waals surface area contributed by atoms with Gasteiger partial charge in [0.1, 0.15) is 0 Å². The highest BCUT2D eigenvalue weighted by Gasteiger charge is 2.27. The summed E-state index contributed by atoms with van der Waals surface area (Å²) >= 11 is 0. The lowest BCUT2D eigenvalue weighted by Crippen LogP contribution is -2.39. The highest BCUT2D eigenvalue weighted by molar-refractivity contribution is 5.82. The molecule has 0 radical (unpaired) electrons. The Morgan fingerprint density at radius 2 is 2.50 bits per heavy atom. The molecule has 1 atom stereocenters. The largest absolute Gasteiger partial charge is 0.350 e. The van der Waals surface area contributed by atoms with Crippen LogP contribution >= 0.6 is 0 Å². The van der Waals surface area contributed by atoms with Crippen LogP contribution in [0.4, 0.5) is 0 Å². The first-order valence-electron chi connectivity index (χ1n) is 3.87. The molecule has 68 valence electrons. The third-order valence-corrected chi connectivity index (χ3v) is 1.89. The summed E-state index contributed by atoms with van der Waals surface area (Å²) in [7, 11) is 1.72. The first-order chi connectivity index (χ1) is 5.63. The molecule has 1 aliphatic rings. The van der Waals surface area contributed by atoms with Crippen LogP contribution in [0.1, 0.15) is 6.42 Å². The molecule has 0 aromatic heterocycles. The molecule has 0 aliphatic carbocycles. The van der Waals surface area contributed by atoms with Gasteiger partial charge < -0.3 is 16.0 Å². The zero-order valence-electron chi connectivity index (χ0n) is 7.04. The lowest BCUT2D eigenvalue weighted by Gasteiger charge is -2.10. The van der Waals surface area contributed by atoms with Crippen LogP contribution in [-0.4, -0.2) is 42.9 Å². The van der Waals surface area contributed by atoms with Crippen molar-refractivity contribution in [2.75, 3.05) is 20.1 Å². The number of hydrogen-bond acceptors (Lipinski definition) is 3. The lowest BCUT2D eigenvalue weighted by molar-refractivity contribution is -0.126. The number of nitrogens with two attached hydrogens (primary N) is 1. The fraction of sp³-hybridized carbons (Fsp3) is 0.714. The smallest absolute Gasteiger partial charge is 0.234 e. The van der Waals surface area contributed by atoms with Crippen molar-refractivity contribution in [3.8, 4) is 0 Å². The van der Waals surface area contributed by atoms with E-state index in [1.165, 1.54) is 0 Å². The van der Waals surface area contributed by atoms with E-state index >= 15 is 0 Å². The molecule has 1 rings (SSSR count). The van der Waals surface area contributed by atoms with Gasteiger partial charge in [0.2, 0.25) is 11.8 Å². The molecule has 12 heavy (non-hydrogen) atoms. The van der Waals surface area contributed by atoms with E-state index in [4.69, 9.17) is 5.73 Å². The minimum absolute atomic E-state index is 0.0194. The van der Waals surface area contributed by atoms with Gasteiger partial charge in [0.15, 0.2) is 0 Å². The molecule has 5 nitrogen and oxygen atoms in total. The summed E-state index contributed by atoms with van der Waals surface area (Å²) < 4.78 is 0. The van der Waals surface area contributed by atoms with E-state index in [0.29, 0.717) is 13.0 Å². The van der Waals surface area contributed by atoms with Crippen LogP contribution in [0.5, 0.6) is 0 Å². The highest BCUT2D eigenvalue weighted by Crippen LogP contribution is 2.07. The normalized spacial score (nSPS) is 23.0. The number of amides is 2. The summed E-state index contributed by atoms with van der Waals surface area (Å²) in [6.45, 7) is 0.568. The van der Waals surface area contributed by atoms with E-state index in [2.05, 4.69) is 5.32 Å². The third kappa shape index (κ3) is 1.94. The van der Waals surface area contributed by atoms with Crippen LogP contribution in [0.15, 0.2) is 0 Å². The van der Waals surface area contributed by atoms with Crippen LogP contribution < -0.4 is 11.1 Å². The average Bonchev–Trinajstić information content (AvgIpc) is 2.31. The number of carbonyl (C=O) groups is 2. The number of nitrogens with one attached hydrogen (secondary N) is 1. The Kier molecular flexibility index (Phi) is 2.65. The minimum Gasteiger partial charge on any atom is -0.350 e. The van der Waals surface area contributed by atoms with Crippen LogP contribution in [0.2, 0.25) is 0 Å². The number of rotatable bonds is 2. The summed E-state index contributed by atoms with van der Waals surface area (Å²) in [5.74, 6) is -0.138. The van der Waals surface area contributed by atoms with E-state index in [1.807, 2.05) is 0 Å². The average molecular weight is 171 g/mol. The molecule has 5 heteroatoms. The summed E-state index contributed by atoms with van der Waals surface area (Å²) in [4.78, 5) is 23.4. The van der Waals surface area contributed by atoms with E-state index in [9.17, 15) is 9.59 Å². The second kappa shape index (κ2) is 3.53. The SMILES string of the molecule is CN1CC(NC(=O)CN)CC1=O. The Hall–Kier alpha value is -1.10. The molecule has 3 N–H and O–H groups in total. The maximum absolute atomic E-state index is 11.0. The Morgan fingerprint density at radius 3 is 2.92 bits per heavy atom. The Bertz CT molecular complexity index is 205. The monoisotopic (exact) mass is 171 g/mol. The molecule has 2 amide bonds. The van der Waals surface area contributed by atoms with Crippen molar-refractivity contribution in [2.45, 2.75) is 12.5 Å². The zero-order valence-corrected chi connectivity index (χ0v) is 7.04. The number of carbonyl (C=O) groups excluding carboxylic acids is 2. The summed E-state index contributed by atoms with van der Waals surface area (Å²) in [6.07, 6.45) is 0.391. The topological polar surface area (TPSA) is 75.4 Å². The molecule has 0 aromatic rings. The van der Waals surface area contributed by atoms with Gasteiger partial charge in [-0.25, -0.2) is 0 Å². The van der Waals surface area contributed by atoms with Crippen LogP contribution in [-0.2, 0) is 9.59 Å². The lowest BCUT2D eigenvalue weighted by atomic mass is 10.2. The molecular formula is C7H13N3O2. The van der Waals surface area contributed by atoms with Gasteiger partial charge in [-0.3, -0.25) is 9.59 Å². The van der Waals surface area contributed by atoms with Crippen molar-refractivity contribution in [2.24, 2.45) is 5.73 Å². The molecule has 1 saturated heterocycles. The van der Waals surface area contributed by atoms with Crippen molar-refractivity contribution in [3.05, 3.63) is 0 Å². The maximum Gasteiger partial charge on any atom is 0.234 e. The van der Waals surface area contributed by atoms with Gasteiger partial charge in [0.25, 0.3) is 0 Å². The van der Waals surface area contributed by atoms with Crippen LogP contribution in [0.3, 0.4) is 0 Å². The predicted octanol–water partition coefficient (Wildman–Crippen LogP) is -1.71. The van der Waals surface area contributed by atoms with Crippen molar-refractivity contribution in [3.63, 3.8) is 0 Å². The zero-order chi connectivity index (χ0) is 9.14. The molecule has 0 saturated carbocycles. The second-order valence-corrected chi connectivity index (χ2v) is 2.95. The first-order valence-corrected chi connectivity index (χ1v) is 3.87. The Morgan fingerprint density at radius 1 is 1.83 bits per heavy atom. The van der Waals surface area contributed by atoms with Gasteiger partial charge in [0, 0.05) is 20.0 Å². The van der Waals surface area contributed by atoms with Crippen molar-refractivity contribution in [1.82, 2.24) is 10.2 Å². The molecule has 1 aliphatic heterocycles. The standard InChI is InChI=1S/C7H13N3O2/c1-10-4-5(2-7(10)12)9-6(11)3-8/h5H,2-4,8H2,1H3,(H,9,11). The Labute approximate surface area is 70.9 Å². The van der Waals surface area contributed by atoms with E-state index < -0.39 is 0 Å². The minimum atomic E-state index is -0.205. The second-order valence-electron chi connectivity index (χ2n) is 2.95. The predicted molar refractivity (Wildman–Crippen MR) is 43.2 cm³/mol. The molecule has 1 fully saturated rings. The van der Waals surface area contributed by atoms with Gasteiger partial charge in [-0.2, -0.15) is 0 Å². The number of likely N-dealkylation sites (N-methyl/N-ethyl adjacent to an activating group) is 1. The number of likely N-dealkylation sites (tertiary alicyclic amines) is 1. The summed E-state index contributed by atoms with van der Waals surface area (Å²) in [5, 5.41) is 2.66. The number of hydrogen-bond donors (Lipinski definition) is 2. The van der Waals surface area contributed by atoms with E-state index in [-0.39, 0.29) is 24.4 Å². The first kappa shape index (κ1) is 8.99. The van der Waals surface area contributed by atoms with Gasteiger partial charge in [0.05, 0.1) is 12.6 Å². The highest BCUT2D eigenvalue weighted by atomic mass is 16.2. The van der Waals surface area contributed by atoms with Crippen molar-refractivity contribution >= 4 is 11.8 Å². The summed E-state index contributed by atoms with van der Waals surface area (Å²) in [5.41, 5.74) is 5.11. The van der Waals surface area contributed by atoms with Gasteiger partial charge in [-0.1, -0.05) is 0 Å². The van der Waals surface area contributed by atoms with E-state index in [1.54, 1.807) is 11.9 Å². The van der Waals surface area contributed by atoms with Crippen LogP contribution in [0, 0.1) is 0 Å². The van der Waals surface area contributed by atoms with Gasteiger partial charge in [-0.15, -0.1) is 0 Å². The van der Waals surface area contributed by atoms with Crippen LogP contribution in [0.25, 0.3) is 0 Å². The Balaban J connectivity index is 2.37. The summed E-state index contributed by atoms with van der Waals surface area (Å²) in [6, 6.07) is -0.0569. The number of nitrogens with zero attached hydrogens (tertiary/aromatic N) is 1. The quantitative estimate of drug-likeness (QED) is 0.519. The third-order valence-electron chi connectivity index (χ3n) is 1.89. The van der Waals surface area contributed by atoms with Gasteiger partial charge >= 0.3 is 0 Å². The van der Waals surface area contributed by atoms with Crippen molar-refractivity contribution < 1.29 is 9.59 Å². The molecule has 0 bridgehead atoms. The van der Waals surface area contributed by atoms with E-state index in [0.717, 1.165) is 0 Å². The molecule has 1 heterocycles. The fourth-order valence-electron chi connectivity index (χ4n) is 1.25. The fourth-order valence-corrected chi connectivity index (χ4v) is 1.25.